The number of halogens is 4. The predicted octanol–water partition coefficient (Wildman–Crippen LogP) is 4.04. The molecule has 0 bridgehead atoms. The molecule has 3 heterocycles. The van der Waals surface area contributed by atoms with Crippen LogP contribution in [0, 0.1) is 6.92 Å². The summed E-state index contributed by atoms with van der Waals surface area (Å²) < 4.78 is 45.4. The first-order valence-electron chi connectivity index (χ1n) is 8.45. The van der Waals surface area contributed by atoms with E-state index in [4.69, 9.17) is 16.3 Å². The van der Waals surface area contributed by atoms with Gasteiger partial charge in [0.25, 0.3) is 0 Å². The molecule has 1 aromatic carbocycles. The van der Waals surface area contributed by atoms with Crippen molar-refractivity contribution in [3.05, 3.63) is 58.8 Å². The Labute approximate surface area is 163 Å². The molecule has 0 aliphatic carbocycles. The number of nitrogens with zero attached hydrogens (tertiary/aromatic N) is 5. The van der Waals surface area contributed by atoms with Crippen molar-refractivity contribution in [3.8, 4) is 11.4 Å². The standard InChI is InChI=1S/C18H15ClF3N5O/c1-11-8-15(18(20,21)22)25-27(11)13-4-2-12(3-5-13)10-26-6-7-28-14-9-23-17(19)24-16(14)26/h2-5,8-9H,6-7,10H2,1H3. The first kappa shape index (κ1) is 18.5. The largest absolute Gasteiger partial charge is 0.486 e. The topological polar surface area (TPSA) is 56.1 Å². The third-order valence-electron chi connectivity index (χ3n) is 4.36. The second-order valence-corrected chi connectivity index (χ2v) is 6.68. The second-order valence-electron chi connectivity index (χ2n) is 6.34. The molecule has 2 aromatic heterocycles. The van der Waals surface area contributed by atoms with Crippen LogP contribution in [-0.4, -0.2) is 32.9 Å². The number of aryl methyl sites for hydroxylation is 1. The van der Waals surface area contributed by atoms with Crippen molar-refractivity contribution in [3.63, 3.8) is 0 Å². The molecule has 0 N–H and O–H groups in total. The lowest BCUT2D eigenvalue weighted by atomic mass is 10.2. The minimum Gasteiger partial charge on any atom is -0.486 e. The van der Waals surface area contributed by atoms with Crippen LogP contribution in [0.5, 0.6) is 5.75 Å². The van der Waals surface area contributed by atoms with Crippen LogP contribution in [0.4, 0.5) is 19.0 Å². The summed E-state index contributed by atoms with van der Waals surface area (Å²) in [6, 6.07) is 8.21. The zero-order valence-corrected chi connectivity index (χ0v) is 15.5. The van der Waals surface area contributed by atoms with E-state index < -0.39 is 11.9 Å². The molecule has 1 aliphatic rings. The van der Waals surface area contributed by atoms with E-state index in [2.05, 4.69) is 15.1 Å². The average Bonchev–Trinajstić information content (AvgIpc) is 3.05. The monoisotopic (exact) mass is 409 g/mol. The van der Waals surface area contributed by atoms with E-state index in [1.165, 1.54) is 4.68 Å². The molecule has 28 heavy (non-hydrogen) atoms. The fourth-order valence-corrected chi connectivity index (χ4v) is 3.16. The van der Waals surface area contributed by atoms with Gasteiger partial charge in [0.05, 0.1) is 18.4 Å². The normalized spacial score (nSPS) is 14.0. The molecule has 6 nitrogen and oxygen atoms in total. The van der Waals surface area contributed by atoms with E-state index in [-0.39, 0.29) is 5.28 Å². The van der Waals surface area contributed by atoms with E-state index >= 15 is 0 Å². The Kier molecular flexibility index (Phi) is 4.62. The van der Waals surface area contributed by atoms with Gasteiger partial charge in [-0.3, -0.25) is 0 Å². The van der Waals surface area contributed by atoms with Gasteiger partial charge in [-0.15, -0.1) is 0 Å². The molecule has 0 amide bonds. The highest BCUT2D eigenvalue weighted by atomic mass is 35.5. The molecule has 0 radical (unpaired) electrons. The Hall–Kier alpha value is -2.81. The number of fused-ring (bicyclic) bond motifs is 1. The van der Waals surface area contributed by atoms with E-state index in [0.29, 0.717) is 42.6 Å². The summed E-state index contributed by atoms with van der Waals surface area (Å²) in [7, 11) is 0. The number of benzene rings is 1. The summed E-state index contributed by atoms with van der Waals surface area (Å²) >= 11 is 5.89. The van der Waals surface area contributed by atoms with Gasteiger partial charge in [0.2, 0.25) is 5.28 Å². The van der Waals surface area contributed by atoms with Crippen molar-refractivity contribution < 1.29 is 17.9 Å². The zero-order chi connectivity index (χ0) is 19.9. The summed E-state index contributed by atoms with van der Waals surface area (Å²) in [5, 5.41) is 3.81. The van der Waals surface area contributed by atoms with Crippen LogP contribution in [0.3, 0.4) is 0 Å². The third kappa shape index (κ3) is 3.62. The lowest BCUT2D eigenvalue weighted by molar-refractivity contribution is -0.141. The molecule has 0 saturated carbocycles. The molecule has 0 saturated heterocycles. The highest BCUT2D eigenvalue weighted by molar-refractivity contribution is 6.28. The molecule has 0 fully saturated rings. The van der Waals surface area contributed by atoms with E-state index in [0.717, 1.165) is 11.6 Å². The van der Waals surface area contributed by atoms with Crippen LogP contribution in [0.15, 0.2) is 36.5 Å². The molecule has 4 rings (SSSR count). The molecule has 10 heteroatoms. The Bertz CT molecular complexity index is 1000. The highest BCUT2D eigenvalue weighted by Crippen LogP contribution is 2.31. The summed E-state index contributed by atoms with van der Waals surface area (Å²) in [5.74, 6) is 1.19. The second kappa shape index (κ2) is 6.97. The van der Waals surface area contributed by atoms with Crippen molar-refractivity contribution >= 4 is 17.4 Å². The number of alkyl halides is 3. The van der Waals surface area contributed by atoms with Crippen LogP contribution in [0.2, 0.25) is 5.28 Å². The SMILES string of the molecule is Cc1cc(C(F)(F)F)nn1-c1ccc(CN2CCOc3cnc(Cl)nc32)cc1. The minimum atomic E-state index is -4.47. The summed E-state index contributed by atoms with van der Waals surface area (Å²) in [5.41, 5.74) is 1.03. The number of rotatable bonds is 3. The van der Waals surface area contributed by atoms with E-state index in [1.54, 1.807) is 25.3 Å². The van der Waals surface area contributed by atoms with Crippen molar-refractivity contribution in [1.82, 2.24) is 19.7 Å². The zero-order valence-electron chi connectivity index (χ0n) is 14.7. The molecule has 146 valence electrons. The molecular formula is C18H15ClF3N5O. The van der Waals surface area contributed by atoms with Crippen molar-refractivity contribution in [1.29, 1.82) is 0 Å². The summed E-state index contributed by atoms with van der Waals surface area (Å²) in [6.07, 6.45) is -2.93. The third-order valence-corrected chi connectivity index (χ3v) is 4.54. The van der Waals surface area contributed by atoms with Crippen molar-refractivity contribution in [2.24, 2.45) is 0 Å². The quantitative estimate of drug-likeness (QED) is 0.611. The van der Waals surface area contributed by atoms with Gasteiger partial charge in [-0.2, -0.15) is 23.3 Å². The first-order valence-corrected chi connectivity index (χ1v) is 8.82. The Morgan fingerprint density at radius 1 is 1.21 bits per heavy atom. The molecular weight excluding hydrogens is 395 g/mol. The number of ether oxygens (including phenoxy) is 1. The van der Waals surface area contributed by atoms with Gasteiger partial charge in [0, 0.05) is 12.2 Å². The highest BCUT2D eigenvalue weighted by Gasteiger charge is 2.34. The molecule has 0 atom stereocenters. The van der Waals surface area contributed by atoms with Gasteiger partial charge in [0.15, 0.2) is 17.3 Å². The fraction of sp³-hybridized carbons (Fsp3) is 0.278. The smallest absolute Gasteiger partial charge is 0.435 e. The Balaban J connectivity index is 1.56. The maximum atomic E-state index is 12.9. The van der Waals surface area contributed by atoms with Crippen molar-refractivity contribution in [2.75, 3.05) is 18.1 Å². The van der Waals surface area contributed by atoms with Gasteiger partial charge in [0.1, 0.15) is 6.61 Å². The molecule has 1 aliphatic heterocycles. The summed E-state index contributed by atoms with van der Waals surface area (Å²) in [6.45, 7) is 3.28. The molecule has 3 aromatic rings. The van der Waals surface area contributed by atoms with Gasteiger partial charge in [-0.25, -0.2) is 9.67 Å². The van der Waals surface area contributed by atoms with Gasteiger partial charge in [-0.1, -0.05) is 12.1 Å². The number of hydrogen-bond donors (Lipinski definition) is 0. The Morgan fingerprint density at radius 3 is 2.64 bits per heavy atom. The van der Waals surface area contributed by atoms with Crippen LogP contribution >= 0.6 is 11.6 Å². The van der Waals surface area contributed by atoms with Gasteiger partial charge >= 0.3 is 6.18 Å². The number of aromatic nitrogens is 4. The van der Waals surface area contributed by atoms with Crippen LogP contribution < -0.4 is 9.64 Å². The van der Waals surface area contributed by atoms with Gasteiger partial charge in [-0.05, 0) is 42.3 Å². The predicted molar refractivity (Wildman–Crippen MR) is 96.9 cm³/mol. The van der Waals surface area contributed by atoms with Crippen LogP contribution in [0.25, 0.3) is 5.69 Å². The van der Waals surface area contributed by atoms with E-state index in [9.17, 15) is 13.2 Å². The fourth-order valence-electron chi connectivity index (χ4n) is 3.03. The minimum absolute atomic E-state index is 0.138. The number of anilines is 1. The lowest BCUT2D eigenvalue weighted by Crippen LogP contribution is -2.33. The van der Waals surface area contributed by atoms with Gasteiger partial charge < -0.3 is 9.64 Å². The van der Waals surface area contributed by atoms with Crippen molar-refractivity contribution in [2.45, 2.75) is 19.6 Å². The summed E-state index contributed by atoms with van der Waals surface area (Å²) in [4.78, 5) is 10.2. The Morgan fingerprint density at radius 2 is 1.96 bits per heavy atom. The first-order chi connectivity index (χ1) is 13.3. The maximum Gasteiger partial charge on any atom is 0.435 e. The van der Waals surface area contributed by atoms with Crippen LogP contribution in [0.1, 0.15) is 17.0 Å². The molecule has 0 unspecified atom stereocenters. The van der Waals surface area contributed by atoms with E-state index in [1.807, 2.05) is 17.0 Å². The lowest BCUT2D eigenvalue weighted by Gasteiger charge is -2.29. The number of hydrogen-bond acceptors (Lipinski definition) is 5. The van der Waals surface area contributed by atoms with Crippen LogP contribution in [-0.2, 0) is 12.7 Å². The average molecular weight is 410 g/mol. The molecule has 0 spiro atoms. The maximum absolute atomic E-state index is 12.9.